The minimum atomic E-state index is -0.603. The Hall–Kier alpha value is -3.32. The van der Waals surface area contributed by atoms with Gasteiger partial charge in [-0.1, -0.05) is 92.2 Å². The van der Waals surface area contributed by atoms with Crippen LogP contribution in [0.4, 0.5) is 0 Å². The van der Waals surface area contributed by atoms with Gasteiger partial charge >= 0.3 is 0 Å². The first-order valence-electron chi connectivity index (χ1n) is 10.6. The maximum atomic E-state index is 6.96. The van der Waals surface area contributed by atoms with Crippen LogP contribution in [-0.4, -0.2) is 0 Å². The zero-order valence-corrected chi connectivity index (χ0v) is 17.6. The predicted molar refractivity (Wildman–Crippen MR) is 124 cm³/mol. The van der Waals surface area contributed by atoms with Crippen LogP contribution in [0, 0.1) is 6.92 Å². The van der Waals surface area contributed by atoms with Crippen molar-refractivity contribution in [1.29, 1.82) is 0 Å². The van der Waals surface area contributed by atoms with Gasteiger partial charge in [0.15, 0.2) is 5.60 Å². The molecule has 0 radical (unpaired) electrons. The summed E-state index contributed by atoms with van der Waals surface area (Å²) in [6, 6.07) is 28.4. The van der Waals surface area contributed by atoms with Crippen LogP contribution in [0.3, 0.4) is 0 Å². The van der Waals surface area contributed by atoms with Gasteiger partial charge in [0.1, 0.15) is 5.75 Å². The van der Waals surface area contributed by atoms with Crippen LogP contribution in [-0.2, 0) is 11.0 Å². The molecule has 1 nitrogen and oxygen atoms in total. The molecule has 6 rings (SSSR count). The molecule has 30 heavy (non-hydrogen) atoms. The fourth-order valence-electron chi connectivity index (χ4n) is 5.41. The van der Waals surface area contributed by atoms with Gasteiger partial charge in [0.25, 0.3) is 0 Å². The van der Waals surface area contributed by atoms with Gasteiger partial charge in [0, 0.05) is 22.1 Å². The van der Waals surface area contributed by atoms with Gasteiger partial charge in [-0.2, -0.15) is 0 Å². The fourth-order valence-corrected chi connectivity index (χ4v) is 5.41. The largest absolute Gasteiger partial charge is 0.473 e. The van der Waals surface area contributed by atoms with Crippen LogP contribution in [0.5, 0.6) is 5.75 Å². The van der Waals surface area contributed by atoms with Gasteiger partial charge in [-0.25, -0.2) is 0 Å². The number of aryl methyl sites for hydroxylation is 1. The topological polar surface area (TPSA) is 9.23 Å². The SMILES string of the molecule is Cc1ccc2c3c(ccc2c1)OC1(C=C3)c2ccccc2C(C)(C)c2ccccc21. The highest BCUT2D eigenvalue weighted by molar-refractivity contribution is 5.94. The molecule has 0 saturated heterocycles. The fraction of sp³-hybridized carbons (Fsp3) is 0.172. The Morgan fingerprint density at radius 2 is 1.33 bits per heavy atom. The van der Waals surface area contributed by atoms with Crippen LogP contribution in [0.1, 0.15) is 47.2 Å². The Morgan fingerprint density at radius 3 is 2.00 bits per heavy atom. The number of hydrogen-bond donors (Lipinski definition) is 0. The summed E-state index contributed by atoms with van der Waals surface area (Å²) in [7, 11) is 0. The second-order valence-electron chi connectivity index (χ2n) is 9.09. The Bertz CT molecular complexity index is 1310. The van der Waals surface area contributed by atoms with Crippen molar-refractivity contribution in [2.24, 2.45) is 0 Å². The molecule has 1 spiro atoms. The van der Waals surface area contributed by atoms with E-state index in [2.05, 4.69) is 112 Å². The van der Waals surface area contributed by atoms with Crippen LogP contribution in [0.2, 0.25) is 0 Å². The maximum absolute atomic E-state index is 6.96. The van der Waals surface area contributed by atoms with Gasteiger partial charge < -0.3 is 4.74 Å². The van der Waals surface area contributed by atoms with E-state index in [0.29, 0.717) is 0 Å². The van der Waals surface area contributed by atoms with Crippen LogP contribution in [0.15, 0.2) is 84.9 Å². The lowest BCUT2D eigenvalue weighted by molar-refractivity contribution is 0.152. The molecule has 0 saturated carbocycles. The van der Waals surface area contributed by atoms with Crippen molar-refractivity contribution >= 4 is 16.8 Å². The molecule has 2 aliphatic rings. The third-order valence-electron chi connectivity index (χ3n) is 6.93. The molecule has 1 heterocycles. The molecule has 0 fully saturated rings. The van der Waals surface area contributed by atoms with Gasteiger partial charge in [0.05, 0.1) is 0 Å². The highest BCUT2D eigenvalue weighted by Gasteiger charge is 2.48. The first kappa shape index (κ1) is 17.5. The van der Waals surface area contributed by atoms with Gasteiger partial charge in [-0.15, -0.1) is 0 Å². The van der Waals surface area contributed by atoms with E-state index in [9.17, 15) is 0 Å². The molecule has 1 heteroatoms. The highest BCUT2D eigenvalue weighted by Crippen LogP contribution is 2.53. The number of hydrogen-bond acceptors (Lipinski definition) is 1. The van der Waals surface area contributed by atoms with Crippen molar-refractivity contribution in [3.63, 3.8) is 0 Å². The average molecular weight is 389 g/mol. The van der Waals surface area contributed by atoms with Gasteiger partial charge in [-0.3, -0.25) is 0 Å². The number of benzene rings is 4. The van der Waals surface area contributed by atoms with Crippen molar-refractivity contribution in [3.05, 3.63) is 118 Å². The quantitative estimate of drug-likeness (QED) is 0.311. The highest BCUT2D eigenvalue weighted by atomic mass is 16.5. The van der Waals surface area contributed by atoms with Crippen LogP contribution < -0.4 is 4.74 Å². The predicted octanol–water partition coefficient (Wildman–Crippen LogP) is 7.14. The minimum Gasteiger partial charge on any atom is -0.473 e. The second kappa shape index (κ2) is 5.86. The summed E-state index contributed by atoms with van der Waals surface area (Å²) in [5, 5.41) is 2.49. The molecule has 0 bridgehead atoms. The lowest BCUT2D eigenvalue weighted by Crippen LogP contribution is -2.43. The van der Waals surface area contributed by atoms with Crippen molar-refractivity contribution < 1.29 is 4.74 Å². The van der Waals surface area contributed by atoms with Gasteiger partial charge in [-0.05, 0) is 47.0 Å². The summed E-state index contributed by atoms with van der Waals surface area (Å²) < 4.78 is 6.96. The zero-order chi connectivity index (χ0) is 20.5. The molecule has 4 aromatic carbocycles. The first-order chi connectivity index (χ1) is 14.5. The van der Waals surface area contributed by atoms with Crippen molar-refractivity contribution in [1.82, 2.24) is 0 Å². The third kappa shape index (κ3) is 2.18. The molecule has 0 N–H and O–H groups in total. The Kier molecular flexibility index (Phi) is 3.42. The molecule has 0 unspecified atom stereocenters. The van der Waals surface area contributed by atoms with E-state index >= 15 is 0 Å². The standard InChI is InChI=1S/C29H24O/c1-19-12-14-21-20(18-19)13-15-27-22(21)16-17-29(30-27)25-10-6-4-8-23(25)28(2,3)24-9-5-7-11-26(24)29/h4-18H,1-3H3. The van der Waals surface area contributed by atoms with E-state index in [1.54, 1.807) is 0 Å². The summed E-state index contributed by atoms with van der Waals surface area (Å²) in [6.45, 7) is 6.76. The summed E-state index contributed by atoms with van der Waals surface area (Å²) in [5.41, 5.74) is 6.89. The smallest absolute Gasteiger partial charge is 0.178 e. The van der Waals surface area contributed by atoms with Gasteiger partial charge in [0.2, 0.25) is 0 Å². The molecule has 146 valence electrons. The molecule has 0 atom stereocenters. The lowest BCUT2D eigenvalue weighted by atomic mass is 9.63. The Morgan fingerprint density at radius 1 is 0.700 bits per heavy atom. The third-order valence-corrected chi connectivity index (χ3v) is 6.93. The zero-order valence-electron chi connectivity index (χ0n) is 17.6. The molecule has 1 aliphatic carbocycles. The van der Waals surface area contributed by atoms with Crippen LogP contribution >= 0.6 is 0 Å². The monoisotopic (exact) mass is 388 g/mol. The van der Waals surface area contributed by atoms with E-state index in [4.69, 9.17) is 4.74 Å². The summed E-state index contributed by atoms with van der Waals surface area (Å²) in [5.74, 6) is 0.943. The summed E-state index contributed by atoms with van der Waals surface area (Å²) >= 11 is 0. The molecule has 0 amide bonds. The minimum absolute atomic E-state index is 0.0726. The van der Waals surface area contributed by atoms with E-state index in [-0.39, 0.29) is 5.41 Å². The van der Waals surface area contributed by atoms with Crippen molar-refractivity contribution in [3.8, 4) is 5.75 Å². The van der Waals surface area contributed by atoms with Crippen LogP contribution in [0.25, 0.3) is 16.8 Å². The molecule has 1 aliphatic heterocycles. The molecule has 0 aromatic heterocycles. The molecular weight excluding hydrogens is 364 g/mol. The first-order valence-corrected chi connectivity index (χ1v) is 10.6. The maximum Gasteiger partial charge on any atom is 0.178 e. The summed E-state index contributed by atoms with van der Waals surface area (Å²) in [4.78, 5) is 0. The summed E-state index contributed by atoms with van der Waals surface area (Å²) in [6.07, 6.45) is 4.53. The number of rotatable bonds is 0. The number of ether oxygens (including phenoxy) is 1. The average Bonchev–Trinajstić information content (AvgIpc) is 2.77. The second-order valence-corrected chi connectivity index (χ2v) is 9.09. The van der Waals surface area contributed by atoms with Crippen molar-refractivity contribution in [2.45, 2.75) is 31.8 Å². The Labute approximate surface area is 177 Å². The number of fused-ring (bicyclic) bond motifs is 7. The van der Waals surface area contributed by atoms with Crippen molar-refractivity contribution in [2.75, 3.05) is 0 Å². The lowest BCUT2D eigenvalue weighted by Gasteiger charge is -2.46. The van der Waals surface area contributed by atoms with E-state index in [1.807, 2.05) is 0 Å². The van der Waals surface area contributed by atoms with E-state index < -0.39 is 5.60 Å². The molecule has 4 aromatic rings. The van der Waals surface area contributed by atoms with E-state index in [1.165, 1.54) is 38.6 Å². The molecular formula is C29H24O. The van der Waals surface area contributed by atoms with E-state index in [0.717, 1.165) is 11.3 Å². The Balaban J connectivity index is 1.64. The normalized spacial score (nSPS) is 17.2.